The number of nitrogens with one attached hydrogen (secondary N) is 2. The molecule has 0 saturated heterocycles. The maximum Gasteiger partial charge on any atom is 0.119 e. The molecule has 2 heterocycles. The van der Waals surface area contributed by atoms with Crippen molar-refractivity contribution >= 4 is 10.9 Å². The Labute approximate surface area is 101 Å². The lowest BCUT2D eigenvalue weighted by molar-refractivity contribution is 0.415. The Morgan fingerprint density at radius 1 is 1.29 bits per heavy atom. The van der Waals surface area contributed by atoms with E-state index in [2.05, 4.69) is 36.3 Å². The number of hydrogen-bond donors (Lipinski definition) is 2. The highest BCUT2D eigenvalue weighted by molar-refractivity contribution is 5.86. The van der Waals surface area contributed by atoms with Crippen molar-refractivity contribution in [3.8, 4) is 5.75 Å². The van der Waals surface area contributed by atoms with E-state index < -0.39 is 0 Å². The minimum atomic E-state index is 0.167. The third kappa shape index (κ3) is 1.53. The van der Waals surface area contributed by atoms with Crippen LogP contribution in [0, 0.1) is 0 Å². The Kier molecular flexibility index (Phi) is 2.20. The van der Waals surface area contributed by atoms with Gasteiger partial charge in [-0.05, 0) is 23.8 Å². The van der Waals surface area contributed by atoms with Gasteiger partial charge in [-0.3, -0.25) is 0 Å². The highest BCUT2D eigenvalue weighted by Crippen LogP contribution is 2.35. The molecule has 0 amide bonds. The first-order chi connectivity index (χ1) is 8.12. The van der Waals surface area contributed by atoms with Crippen molar-refractivity contribution in [2.45, 2.75) is 25.8 Å². The zero-order valence-electron chi connectivity index (χ0n) is 10.6. The first kappa shape index (κ1) is 10.7. The van der Waals surface area contributed by atoms with Crippen LogP contribution in [0.5, 0.6) is 5.75 Å². The third-order valence-corrected chi connectivity index (χ3v) is 3.66. The Balaban J connectivity index is 2.27. The second-order valence-corrected chi connectivity index (χ2v) is 5.38. The van der Waals surface area contributed by atoms with E-state index in [-0.39, 0.29) is 5.41 Å². The van der Waals surface area contributed by atoms with E-state index in [0.717, 1.165) is 18.8 Å². The number of aromatic amines is 1. The summed E-state index contributed by atoms with van der Waals surface area (Å²) in [5.74, 6) is 0.919. The van der Waals surface area contributed by atoms with Gasteiger partial charge in [0, 0.05) is 35.1 Å². The molecule has 1 aliphatic rings. The number of methoxy groups -OCH3 is 1. The maximum absolute atomic E-state index is 5.30. The minimum Gasteiger partial charge on any atom is -0.497 e. The minimum absolute atomic E-state index is 0.167. The van der Waals surface area contributed by atoms with Crippen LogP contribution >= 0.6 is 0 Å². The summed E-state index contributed by atoms with van der Waals surface area (Å²) >= 11 is 0. The fourth-order valence-corrected chi connectivity index (χ4v) is 2.70. The van der Waals surface area contributed by atoms with Gasteiger partial charge in [0.15, 0.2) is 0 Å². The van der Waals surface area contributed by atoms with Crippen molar-refractivity contribution in [2.75, 3.05) is 13.7 Å². The lowest BCUT2D eigenvalue weighted by Gasteiger charge is -2.30. The molecule has 2 N–H and O–H groups in total. The van der Waals surface area contributed by atoms with Crippen LogP contribution in [-0.4, -0.2) is 18.6 Å². The van der Waals surface area contributed by atoms with Crippen molar-refractivity contribution < 1.29 is 4.74 Å². The summed E-state index contributed by atoms with van der Waals surface area (Å²) in [5, 5.41) is 4.76. The molecular weight excluding hydrogens is 212 g/mol. The second kappa shape index (κ2) is 3.50. The molecule has 90 valence electrons. The van der Waals surface area contributed by atoms with E-state index >= 15 is 0 Å². The van der Waals surface area contributed by atoms with Crippen LogP contribution in [0.2, 0.25) is 0 Å². The van der Waals surface area contributed by atoms with Crippen LogP contribution in [0.25, 0.3) is 10.9 Å². The Bertz CT molecular complexity index is 569. The number of aromatic nitrogens is 1. The molecule has 0 spiro atoms. The number of rotatable bonds is 1. The van der Waals surface area contributed by atoms with Crippen LogP contribution in [0.1, 0.15) is 25.1 Å². The number of benzene rings is 1. The molecule has 3 heteroatoms. The summed E-state index contributed by atoms with van der Waals surface area (Å²) in [5.41, 5.74) is 4.11. The molecule has 3 nitrogen and oxygen atoms in total. The summed E-state index contributed by atoms with van der Waals surface area (Å²) in [4.78, 5) is 3.56. The van der Waals surface area contributed by atoms with Crippen molar-refractivity contribution in [1.82, 2.24) is 10.3 Å². The zero-order valence-corrected chi connectivity index (χ0v) is 10.6. The highest BCUT2D eigenvalue weighted by Gasteiger charge is 2.30. The van der Waals surface area contributed by atoms with Crippen molar-refractivity contribution in [1.29, 1.82) is 0 Å². The topological polar surface area (TPSA) is 37.0 Å². The van der Waals surface area contributed by atoms with Gasteiger partial charge >= 0.3 is 0 Å². The fraction of sp³-hybridized carbons (Fsp3) is 0.429. The zero-order chi connectivity index (χ0) is 12.0. The molecule has 2 aromatic rings. The fourth-order valence-electron chi connectivity index (χ4n) is 2.70. The van der Waals surface area contributed by atoms with Gasteiger partial charge in [0.2, 0.25) is 0 Å². The molecule has 3 rings (SSSR count). The predicted molar refractivity (Wildman–Crippen MR) is 69.6 cm³/mol. The monoisotopic (exact) mass is 230 g/mol. The molecule has 0 aliphatic carbocycles. The molecule has 1 aromatic heterocycles. The second-order valence-electron chi connectivity index (χ2n) is 5.38. The van der Waals surface area contributed by atoms with E-state index in [0.29, 0.717) is 0 Å². The van der Waals surface area contributed by atoms with Gasteiger partial charge in [-0.25, -0.2) is 0 Å². The summed E-state index contributed by atoms with van der Waals surface area (Å²) in [7, 11) is 1.71. The van der Waals surface area contributed by atoms with Crippen LogP contribution in [-0.2, 0) is 12.0 Å². The van der Waals surface area contributed by atoms with Gasteiger partial charge in [-0.1, -0.05) is 13.8 Å². The molecule has 1 aliphatic heterocycles. The summed E-state index contributed by atoms with van der Waals surface area (Å²) < 4.78 is 5.30. The van der Waals surface area contributed by atoms with Crippen LogP contribution < -0.4 is 10.1 Å². The first-order valence-corrected chi connectivity index (χ1v) is 6.01. The highest BCUT2D eigenvalue weighted by atomic mass is 16.5. The first-order valence-electron chi connectivity index (χ1n) is 6.01. The third-order valence-electron chi connectivity index (χ3n) is 3.66. The average molecular weight is 230 g/mol. The Hall–Kier alpha value is -1.48. The van der Waals surface area contributed by atoms with Crippen molar-refractivity contribution in [2.24, 2.45) is 0 Å². The molecule has 0 fully saturated rings. The van der Waals surface area contributed by atoms with Gasteiger partial charge in [-0.15, -0.1) is 0 Å². The van der Waals surface area contributed by atoms with E-state index in [1.165, 1.54) is 22.2 Å². The predicted octanol–water partition coefficient (Wildman–Crippen LogP) is 2.56. The molecule has 17 heavy (non-hydrogen) atoms. The average Bonchev–Trinajstić information content (AvgIpc) is 2.68. The lowest BCUT2D eigenvalue weighted by Crippen LogP contribution is -2.38. The van der Waals surface area contributed by atoms with Crippen molar-refractivity contribution in [3.05, 3.63) is 29.5 Å². The van der Waals surface area contributed by atoms with Gasteiger partial charge in [0.25, 0.3) is 0 Å². The molecule has 1 aromatic carbocycles. The van der Waals surface area contributed by atoms with E-state index in [9.17, 15) is 0 Å². The van der Waals surface area contributed by atoms with Gasteiger partial charge < -0.3 is 15.0 Å². The quantitative estimate of drug-likeness (QED) is 0.790. The van der Waals surface area contributed by atoms with Gasteiger partial charge in [-0.2, -0.15) is 0 Å². The molecular formula is C14H18N2O. The van der Waals surface area contributed by atoms with Gasteiger partial charge in [0.1, 0.15) is 5.75 Å². The summed E-state index contributed by atoms with van der Waals surface area (Å²) in [6.07, 6.45) is 0. The molecule has 0 atom stereocenters. The Morgan fingerprint density at radius 3 is 2.88 bits per heavy atom. The lowest BCUT2D eigenvalue weighted by atomic mass is 9.84. The maximum atomic E-state index is 5.30. The molecule has 0 unspecified atom stereocenters. The molecule has 0 radical (unpaired) electrons. The number of fused-ring (bicyclic) bond motifs is 3. The largest absolute Gasteiger partial charge is 0.497 e. The SMILES string of the molecule is COc1ccc2[nH]c3c(c2c1)CNCC3(C)C. The van der Waals surface area contributed by atoms with Gasteiger partial charge in [0.05, 0.1) is 7.11 Å². The number of ether oxygens (including phenoxy) is 1. The Morgan fingerprint density at radius 2 is 2.12 bits per heavy atom. The molecule has 0 bridgehead atoms. The number of H-pyrrole nitrogens is 1. The molecule has 0 saturated carbocycles. The van der Waals surface area contributed by atoms with E-state index in [1.807, 2.05) is 6.07 Å². The van der Waals surface area contributed by atoms with Crippen molar-refractivity contribution in [3.63, 3.8) is 0 Å². The standard InChI is InChI=1S/C14H18N2O/c1-14(2)8-15-7-11-10-6-9(17-3)4-5-12(10)16-13(11)14/h4-6,15-16H,7-8H2,1-3H3. The van der Waals surface area contributed by atoms with Crippen LogP contribution in [0.15, 0.2) is 18.2 Å². The summed E-state index contributed by atoms with van der Waals surface area (Å²) in [6.45, 7) is 6.49. The summed E-state index contributed by atoms with van der Waals surface area (Å²) in [6, 6.07) is 6.22. The van der Waals surface area contributed by atoms with Crippen LogP contribution in [0.4, 0.5) is 0 Å². The van der Waals surface area contributed by atoms with Crippen LogP contribution in [0.3, 0.4) is 0 Å². The number of hydrogen-bond acceptors (Lipinski definition) is 2. The normalized spacial score (nSPS) is 18.1. The smallest absolute Gasteiger partial charge is 0.119 e. The van der Waals surface area contributed by atoms with E-state index in [4.69, 9.17) is 4.74 Å². The van der Waals surface area contributed by atoms with E-state index in [1.54, 1.807) is 7.11 Å².